The Labute approximate surface area is 227 Å². The summed E-state index contributed by atoms with van der Waals surface area (Å²) in [6, 6.07) is 8.31. The molecule has 1 aromatic carbocycles. The fourth-order valence-electron chi connectivity index (χ4n) is 3.72. The summed E-state index contributed by atoms with van der Waals surface area (Å²) in [7, 11) is 0. The van der Waals surface area contributed by atoms with Crippen LogP contribution in [0, 0.1) is 0 Å². The molecule has 0 spiro atoms. The first kappa shape index (κ1) is 25.7. The van der Waals surface area contributed by atoms with Gasteiger partial charge in [0.25, 0.3) is 11.8 Å². The molecule has 1 saturated heterocycles. The number of thiazole rings is 1. The van der Waals surface area contributed by atoms with Gasteiger partial charge in [-0.1, -0.05) is 47.2 Å². The summed E-state index contributed by atoms with van der Waals surface area (Å²) < 4.78 is 0. The van der Waals surface area contributed by atoms with Crippen LogP contribution in [0.1, 0.15) is 11.3 Å². The number of fused-ring (bicyclic) bond motifs is 1. The third kappa shape index (κ3) is 5.34. The number of tetrazole rings is 1. The number of carbonyl (C=O) groups is 3. The number of rotatable bonds is 10. The number of hydrogen-bond acceptors (Lipinski definition) is 13. The van der Waals surface area contributed by atoms with Gasteiger partial charge < -0.3 is 21.0 Å². The van der Waals surface area contributed by atoms with E-state index in [1.807, 2.05) is 30.3 Å². The number of carboxylic acids is 1. The Hall–Kier alpha value is -3.96. The highest BCUT2D eigenvalue weighted by Gasteiger charge is 2.54. The van der Waals surface area contributed by atoms with Crippen LogP contribution in [0.3, 0.4) is 0 Å². The number of nitrogens with one attached hydrogen (secondary N) is 2. The van der Waals surface area contributed by atoms with Crippen LogP contribution >= 0.6 is 34.9 Å². The molecule has 0 saturated carbocycles. The predicted octanol–water partition coefficient (Wildman–Crippen LogP) is 0.690. The van der Waals surface area contributed by atoms with Gasteiger partial charge in [-0.3, -0.25) is 14.5 Å². The van der Waals surface area contributed by atoms with Crippen LogP contribution in [0.25, 0.3) is 0 Å². The first-order chi connectivity index (χ1) is 18.4. The Morgan fingerprint density at radius 1 is 1.34 bits per heavy atom. The van der Waals surface area contributed by atoms with Gasteiger partial charge in [0.2, 0.25) is 5.16 Å². The van der Waals surface area contributed by atoms with Gasteiger partial charge in [-0.2, -0.15) is 5.21 Å². The lowest BCUT2D eigenvalue weighted by Crippen LogP contribution is -2.71. The van der Waals surface area contributed by atoms with Gasteiger partial charge in [0.1, 0.15) is 29.4 Å². The molecule has 1 fully saturated rings. The minimum Gasteiger partial charge on any atom is -0.477 e. The van der Waals surface area contributed by atoms with Crippen LogP contribution in [0.15, 0.2) is 57.3 Å². The average molecular weight is 574 g/mol. The lowest BCUT2D eigenvalue weighted by molar-refractivity contribution is -0.150. The largest absolute Gasteiger partial charge is 0.477 e. The van der Waals surface area contributed by atoms with Crippen LogP contribution in [0.4, 0.5) is 5.13 Å². The second kappa shape index (κ2) is 11.2. The number of anilines is 1. The summed E-state index contributed by atoms with van der Waals surface area (Å²) in [4.78, 5) is 49.0. The molecule has 3 aromatic rings. The van der Waals surface area contributed by atoms with E-state index >= 15 is 0 Å². The number of carbonyl (C=O) groups excluding carboxylic acids is 2. The van der Waals surface area contributed by atoms with Crippen molar-refractivity contribution in [2.75, 3.05) is 17.2 Å². The van der Waals surface area contributed by atoms with Gasteiger partial charge in [-0.15, -0.1) is 33.3 Å². The van der Waals surface area contributed by atoms with Crippen molar-refractivity contribution in [3.63, 3.8) is 0 Å². The number of oxime groups is 1. The number of aromatic nitrogens is 5. The average Bonchev–Trinajstić information content (AvgIpc) is 3.60. The number of benzene rings is 1. The first-order valence-corrected chi connectivity index (χ1v) is 13.9. The van der Waals surface area contributed by atoms with Gasteiger partial charge >= 0.3 is 5.97 Å². The topological polar surface area (TPSA) is 202 Å². The highest BCUT2D eigenvalue weighted by Crippen LogP contribution is 2.41. The number of H-pyrrole nitrogens is 1. The fraction of sp³-hybridized carbons (Fsp3) is 0.238. The van der Waals surface area contributed by atoms with E-state index in [0.29, 0.717) is 16.5 Å². The molecule has 17 heteroatoms. The van der Waals surface area contributed by atoms with Crippen LogP contribution < -0.4 is 11.1 Å². The number of aliphatic carboxylic acids is 1. The van der Waals surface area contributed by atoms with Gasteiger partial charge in [0.05, 0.1) is 0 Å². The number of carboxylic acid groups (broad SMARTS) is 1. The third-order valence-corrected chi connectivity index (χ3v) is 8.38. The summed E-state index contributed by atoms with van der Waals surface area (Å²) in [5, 5.41) is 31.5. The van der Waals surface area contributed by atoms with E-state index in [-0.39, 0.29) is 34.6 Å². The molecule has 0 radical (unpaired) electrons. The SMILES string of the molecule is Nc1nc(C(=NOCc2ccccc2)C(=O)NC2C(=O)N3C(C(=O)O)=C(CSc4nn[nH]n4)CS[C@H]23)cs1. The first-order valence-electron chi connectivity index (χ1n) is 10.9. The molecule has 2 amide bonds. The Bertz CT molecular complexity index is 1410. The normalized spacial score (nSPS) is 19.1. The van der Waals surface area contributed by atoms with E-state index in [4.69, 9.17) is 10.6 Å². The lowest BCUT2D eigenvalue weighted by Gasteiger charge is -2.49. The van der Waals surface area contributed by atoms with E-state index in [2.05, 4.69) is 36.1 Å². The summed E-state index contributed by atoms with van der Waals surface area (Å²) >= 11 is 3.67. The second-order valence-electron chi connectivity index (χ2n) is 7.87. The zero-order chi connectivity index (χ0) is 26.6. The molecule has 2 atom stereocenters. The van der Waals surface area contributed by atoms with Crippen LogP contribution in [0.2, 0.25) is 0 Å². The minimum atomic E-state index is -1.23. The molecular formula is C21H19N9O5S3. The number of nitrogen functional groups attached to an aromatic ring is 1. The van der Waals surface area contributed by atoms with E-state index in [9.17, 15) is 19.5 Å². The van der Waals surface area contributed by atoms with Gasteiger partial charge in [-0.25, -0.2) is 9.78 Å². The second-order valence-corrected chi connectivity index (χ2v) is 10.8. The van der Waals surface area contributed by atoms with Crippen LogP contribution in [-0.4, -0.2) is 82.0 Å². The van der Waals surface area contributed by atoms with E-state index in [1.165, 1.54) is 28.4 Å². The molecule has 1 unspecified atom stereocenters. The minimum absolute atomic E-state index is 0.104. The van der Waals surface area contributed by atoms with Crippen molar-refractivity contribution in [2.45, 2.75) is 23.2 Å². The maximum Gasteiger partial charge on any atom is 0.352 e. The van der Waals surface area contributed by atoms with Crippen molar-refractivity contribution in [3.8, 4) is 0 Å². The van der Waals surface area contributed by atoms with Gasteiger partial charge in [0, 0.05) is 16.9 Å². The molecule has 2 aromatic heterocycles. The van der Waals surface area contributed by atoms with Crippen molar-refractivity contribution in [1.82, 2.24) is 35.8 Å². The van der Waals surface area contributed by atoms with Gasteiger partial charge in [-0.05, 0) is 16.3 Å². The van der Waals surface area contributed by atoms with E-state index in [0.717, 1.165) is 16.9 Å². The molecule has 4 heterocycles. The zero-order valence-corrected chi connectivity index (χ0v) is 21.8. The van der Waals surface area contributed by atoms with E-state index in [1.54, 1.807) is 5.38 Å². The molecule has 5 rings (SSSR count). The summed E-state index contributed by atoms with van der Waals surface area (Å²) in [5.74, 6) is -1.86. The van der Waals surface area contributed by atoms with Crippen molar-refractivity contribution >= 4 is 63.5 Å². The molecule has 38 heavy (non-hydrogen) atoms. The molecule has 5 N–H and O–H groups in total. The van der Waals surface area contributed by atoms with Crippen LogP contribution in [-0.2, 0) is 25.8 Å². The number of nitrogens with zero attached hydrogens (tertiary/aromatic N) is 6. The van der Waals surface area contributed by atoms with Crippen LogP contribution in [0.5, 0.6) is 0 Å². The monoisotopic (exact) mass is 573 g/mol. The van der Waals surface area contributed by atoms with Gasteiger partial charge in [0.15, 0.2) is 10.8 Å². The Balaban J connectivity index is 1.30. The number of β-lactam (4-membered cyclic amide) rings is 1. The molecule has 0 bridgehead atoms. The molecule has 14 nitrogen and oxygen atoms in total. The van der Waals surface area contributed by atoms with E-state index < -0.39 is 29.2 Å². The van der Waals surface area contributed by atoms with Crippen molar-refractivity contribution in [3.05, 3.63) is 58.2 Å². The molecular weight excluding hydrogens is 554 g/mol. The Morgan fingerprint density at radius 2 is 2.16 bits per heavy atom. The summed E-state index contributed by atoms with van der Waals surface area (Å²) in [5.41, 5.74) is 7.07. The number of thioether (sulfide) groups is 2. The fourth-order valence-corrected chi connectivity index (χ4v) is 6.48. The number of hydrogen-bond donors (Lipinski definition) is 4. The highest BCUT2D eigenvalue weighted by atomic mass is 32.2. The lowest BCUT2D eigenvalue weighted by atomic mass is 10.0. The number of nitrogens with two attached hydrogens (primary N) is 1. The van der Waals surface area contributed by atoms with Crippen molar-refractivity contribution in [1.29, 1.82) is 0 Å². The van der Waals surface area contributed by atoms with Crippen molar-refractivity contribution in [2.24, 2.45) is 5.16 Å². The predicted molar refractivity (Wildman–Crippen MR) is 139 cm³/mol. The Morgan fingerprint density at radius 3 is 2.84 bits per heavy atom. The Kier molecular flexibility index (Phi) is 7.57. The van der Waals surface area contributed by atoms with Crippen molar-refractivity contribution < 1.29 is 24.3 Å². The smallest absolute Gasteiger partial charge is 0.352 e. The summed E-state index contributed by atoms with van der Waals surface area (Å²) in [6.45, 7) is 0.114. The number of amides is 2. The highest BCUT2D eigenvalue weighted by molar-refractivity contribution is 8.01. The molecule has 196 valence electrons. The molecule has 0 aliphatic carbocycles. The summed E-state index contributed by atoms with van der Waals surface area (Å²) in [6.07, 6.45) is 0. The third-order valence-electron chi connectivity index (χ3n) is 5.45. The number of aromatic amines is 1. The quantitative estimate of drug-likeness (QED) is 0.115. The molecule has 2 aliphatic heterocycles. The standard InChI is InChI=1S/C21H19N9O5S3/c22-20-23-12(9-37-20)13(27-35-6-10-4-2-1-3-5-10)16(31)24-14-17(32)30-15(19(33)34)11(7-36-18(14)30)8-38-21-25-28-29-26-21/h1-5,9,14,18H,6-8H2,(H2,22,23)(H,24,31)(H,33,34)(H,25,26,28,29)/t14?,18-/m1/s1. The maximum atomic E-state index is 13.2. The maximum absolute atomic E-state index is 13.2. The molecule has 2 aliphatic rings. The zero-order valence-electron chi connectivity index (χ0n) is 19.3.